The third-order valence-electron chi connectivity index (χ3n) is 5.17. The van der Waals surface area contributed by atoms with Gasteiger partial charge in [0.25, 0.3) is 11.8 Å². The van der Waals surface area contributed by atoms with E-state index in [-0.39, 0.29) is 17.6 Å². The van der Waals surface area contributed by atoms with Gasteiger partial charge >= 0.3 is 0 Å². The molecule has 8 heteroatoms. The largest absolute Gasteiger partial charge is 0.508 e. The van der Waals surface area contributed by atoms with E-state index in [4.69, 9.17) is 0 Å². The lowest BCUT2D eigenvalue weighted by molar-refractivity contribution is 0.0952. The molecule has 2 aromatic heterocycles. The Kier molecular flexibility index (Phi) is 5.67. The van der Waals surface area contributed by atoms with E-state index in [0.29, 0.717) is 35.9 Å². The number of aryl methyl sites for hydroxylation is 2. The number of phenols is 1. The Balaban J connectivity index is 1.32. The molecule has 0 aliphatic heterocycles. The predicted octanol–water partition coefficient (Wildman–Crippen LogP) is 3.44. The number of hydrogen-bond acceptors (Lipinski definition) is 6. The third-order valence-corrected chi connectivity index (χ3v) is 6.35. The summed E-state index contributed by atoms with van der Waals surface area (Å²) in [5.74, 6) is 1.05. The maximum atomic E-state index is 12.7. The highest BCUT2D eigenvalue weighted by atomic mass is 32.1. The van der Waals surface area contributed by atoms with Crippen LogP contribution >= 0.6 is 11.3 Å². The van der Waals surface area contributed by atoms with Gasteiger partial charge < -0.3 is 15.7 Å². The number of nitrogens with zero attached hydrogens (tertiary/aromatic N) is 2. The zero-order valence-corrected chi connectivity index (χ0v) is 17.8. The number of nitrogens with one attached hydrogen (secondary N) is 2. The summed E-state index contributed by atoms with van der Waals surface area (Å²) in [7, 11) is 0. The SMILES string of the molecule is Cc1nc(C2CC2)nc2sc(C(=O)NCCCNC(=O)c3cccc(O)c3)c(C)c12. The lowest BCUT2D eigenvalue weighted by Crippen LogP contribution is -2.29. The number of hydrogen-bond donors (Lipinski definition) is 3. The quantitative estimate of drug-likeness (QED) is 0.504. The van der Waals surface area contributed by atoms with E-state index >= 15 is 0 Å². The fourth-order valence-corrected chi connectivity index (χ4v) is 4.58. The van der Waals surface area contributed by atoms with Gasteiger partial charge in [-0.2, -0.15) is 0 Å². The number of fused-ring (bicyclic) bond motifs is 1. The summed E-state index contributed by atoms with van der Waals surface area (Å²) in [6.45, 7) is 4.79. The summed E-state index contributed by atoms with van der Waals surface area (Å²) in [6, 6.07) is 6.20. The first-order chi connectivity index (χ1) is 14.4. The normalized spacial score (nSPS) is 13.4. The monoisotopic (exact) mass is 424 g/mol. The molecule has 0 atom stereocenters. The second kappa shape index (κ2) is 8.39. The predicted molar refractivity (Wildman–Crippen MR) is 116 cm³/mol. The van der Waals surface area contributed by atoms with Crippen LogP contribution < -0.4 is 10.6 Å². The Hall–Kier alpha value is -3.00. The summed E-state index contributed by atoms with van der Waals surface area (Å²) >= 11 is 1.42. The van der Waals surface area contributed by atoms with Crippen LogP contribution in [0.4, 0.5) is 0 Å². The fourth-order valence-electron chi connectivity index (χ4n) is 3.42. The van der Waals surface area contributed by atoms with E-state index in [0.717, 1.165) is 40.1 Å². The Morgan fingerprint density at radius 2 is 1.87 bits per heavy atom. The highest BCUT2D eigenvalue weighted by molar-refractivity contribution is 7.20. The Labute approximate surface area is 178 Å². The summed E-state index contributed by atoms with van der Waals surface area (Å²) in [4.78, 5) is 35.6. The first-order valence-electron chi connectivity index (χ1n) is 10.1. The number of amides is 2. The van der Waals surface area contributed by atoms with Crippen LogP contribution in [0.25, 0.3) is 10.2 Å². The van der Waals surface area contributed by atoms with E-state index < -0.39 is 0 Å². The minimum Gasteiger partial charge on any atom is -0.508 e. The highest BCUT2D eigenvalue weighted by Gasteiger charge is 2.28. The molecule has 0 saturated heterocycles. The van der Waals surface area contributed by atoms with E-state index in [2.05, 4.69) is 20.6 Å². The van der Waals surface area contributed by atoms with Gasteiger partial charge in [0.05, 0.1) is 10.6 Å². The minimum absolute atomic E-state index is 0.0535. The number of phenolic OH excluding ortho intramolecular Hbond substituents is 1. The van der Waals surface area contributed by atoms with Crippen molar-refractivity contribution < 1.29 is 14.7 Å². The molecule has 7 nitrogen and oxygen atoms in total. The molecular weight excluding hydrogens is 400 g/mol. The molecular formula is C22H24N4O3S. The molecule has 0 bridgehead atoms. The van der Waals surface area contributed by atoms with Crippen LogP contribution in [0.3, 0.4) is 0 Å². The molecule has 156 valence electrons. The number of thiophene rings is 1. The van der Waals surface area contributed by atoms with Crippen molar-refractivity contribution in [3.63, 3.8) is 0 Å². The summed E-state index contributed by atoms with van der Waals surface area (Å²) in [5, 5.41) is 16.1. The van der Waals surface area contributed by atoms with Gasteiger partial charge in [0, 0.05) is 30.0 Å². The molecule has 3 aromatic rings. The van der Waals surface area contributed by atoms with Crippen molar-refractivity contribution in [2.75, 3.05) is 13.1 Å². The topological polar surface area (TPSA) is 104 Å². The second-order valence-corrected chi connectivity index (χ2v) is 8.59. The van der Waals surface area contributed by atoms with Crippen molar-refractivity contribution in [2.45, 2.75) is 39.0 Å². The van der Waals surface area contributed by atoms with Crippen molar-refractivity contribution in [2.24, 2.45) is 0 Å². The molecule has 1 aromatic carbocycles. The summed E-state index contributed by atoms with van der Waals surface area (Å²) in [6.07, 6.45) is 2.89. The van der Waals surface area contributed by atoms with Gasteiger partial charge in [-0.1, -0.05) is 6.07 Å². The van der Waals surface area contributed by atoms with Crippen LogP contribution in [0.1, 0.15) is 62.3 Å². The first kappa shape index (κ1) is 20.3. The molecule has 2 amide bonds. The van der Waals surface area contributed by atoms with Crippen molar-refractivity contribution in [1.29, 1.82) is 0 Å². The second-order valence-electron chi connectivity index (χ2n) is 7.59. The zero-order chi connectivity index (χ0) is 21.3. The van der Waals surface area contributed by atoms with Crippen molar-refractivity contribution in [3.8, 4) is 5.75 Å². The van der Waals surface area contributed by atoms with Crippen LogP contribution in [0.2, 0.25) is 0 Å². The molecule has 0 unspecified atom stereocenters. The minimum atomic E-state index is -0.252. The first-order valence-corrected chi connectivity index (χ1v) is 10.9. The molecule has 1 fully saturated rings. The highest BCUT2D eigenvalue weighted by Crippen LogP contribution is 2.40. The molecule has 1 aliphatic rings. The third kappa shape index (κ3) is 4.28. The van der Waals surface area contributed by atoms with Gasteiger partial charge in [-0.05, 0) is 56.9 Å². The number of aromatic nitrogens is 2. The van der Waals surface area contributed by atoms with Crippen LogP contribution in [-0.4, -0.2) is 40.0 Å². The van der Waals surface area contributed by atoms with Gasteiger partial charge in [0.15, 0.2) is 0 Å². The van der Waals surface area contributed by atoms with Gasteiger partial charge in [-0.3, -0.25) is 9.59 Å². The van der Waals surface area contributed by atoms with Crippen LogP contribution in [0, 0.1) is 13.8 Å². The van der Waals surface area contributed by atoms with Crippen LogP contribution in [-0.2, 0) is 0 Å². The molecule has 4 rings (SSSR count). The summed E-state index contributed by atoms with van der Waals surface area (Å²) in [5.41, 5.74) is 2.26. The van der Waals surface area contributed by atoms with Crippen molar-refractivity contribution in [1.82, 2.24) is 20.6 Å². The van der Waals surface area contributed by atoms with Crippen LogP contribution in [0.15, 0.2) is 24.3 Å². The summed E-state index contributed by atoms with van der Waals surface area (Å²) < 4.78 is 0. The zero-order valence-electron chi connectivity index (χ0n) is 17.0. The maximum absolute atomic E-state index is 12.7. The Bertz CT molecular complexity index is 1120. The molecule has 1 aliphatic carbocycles. The smallest absolute Gasteiger partial charge is 0.261 e. The Morgan fingerprint density at radius 3 is 2.57 bits per heavy atom. The molecule has 1 saturated carbocycles. The number of benzene rings is 1. The van der Waals surface area contributed by atoms with E-state index in [9.17, 15) is 14.7 Å². The molecule has 0 radical (unpaired) electrons. The fraction of sp³-hybridized carbons (Fsp3) is 0.364. The molecule has 3 N–H and O–H groups in total. The molecule has 2 heterocycles. The molecule has 30 heavy (non-hydrogen) atoms. The van der Waals surface area contributed by atoms with Gasteiger partial charge in [0.2, 0.25) is 0 Å². The number of aromatic hydroxyl groups is 1. The number of carbonyl (C=O) groups is 2. The average molecular weight is 425 g/mol. The average Bonchev–Trinajstić information content (AvgIpc) is 3.51. The van der Waals surface area contributed by atoms with Gasteiger partial charge in [0.1, 0.15) is 16.4 Å². The lowest BCUT2D eigenvalue weighted by atomic mass is 10.1. The van der Waals surface area contributed by atoms with Crippen molar-refractivity contribution in [3.05, 3.63) is 51.8 Å². The van der Waals surface area contributed by atoms with Gasteiger partial charge in [-0.25, -0.2) is 9.97 Å². The standard InChI is InChI=1S/C22H24N4O3S/c1-12-17-13(2)25-19(14-7-8-14)26-22(17)30-18(12)21(29)24-10-4-9-23-20(28)15-5-3-6-16(27)11-15/h3,5-6,11,14,27H,4,7-10H2,1-2H3,(H,23,28)(H,24,29). The number of carbonyl (C=O) groups excluding carboxylic acids is 2. The maximum Gasteiger partial charge on any atom is 0.261 e. The van der Waals surface area contributed by atoms with Crippen molar-refractivity contribution >= 4 is 33.4 Å². The van der Waals surface area contributed by atoms with E-state index in [1.54, 1.807) is 12.1 Å². The number of rotatable bonds is 7. The van der Waals surface area contributed by atoms with E-state index in [1.807, 2.05) is 13.8 Å². The van der Waals surface area contributed by atoms with Crippen LogP contribution in [0.5, 0.6) is 5.75 Å². The van der Waals surface area contributed by atoms with E-state index in [1.165, 1.54) is 23.5 Å². The molecule has 0 spiro atoms. The Morgan fingerprint density at radius 1 is 1.13 bits per heavy atom. The van der Waals surface area contributed by atoms with Gasteiger partial charge in [-0.15, -0.1) is 11.3 Å². The lowest BCUT2D eigenvalue weighted by Gasteiger charge is -2.07.